The number of alkyl halides is 6. The van der Waals surface area contributed by atoms with Gasteiger partial charge >= 0.3 is 18.3 Å². The lowest BCUT2D eigenvalue weighted by Crippen LogP contribution is -2.31. The summed E-state index contributed by atoms with van der Waals surface area (Å²) >= 11 is 6.25. The molecule has 1 saturated carbocycles. The first-order valence-electron chi connectivity index (χ1n) is 16.2. The fourth-order valence-electron chi connectivity index (χ4n) is 5.77. The van der Waals surface area contributed by atoms with Crippen LogP contribution in [0.2, 0.25) is 5.15 Å². The summed E-state index contributed by atoms with van der Waals surface area (Å²) in [4.78, 5) is 25.9. The molecule has 19 heteroatoms. The second kappa shape index (κ2) is 16.0. The van der Waals surface area contributed by atoms with E-state index in [0.717, 1.165) is 44.2 Å². The molecule has 2 aromatic heterocycles. The van der Waals surface area contributed by atoms with Crippen LogP contribution in [0.4, 0.5) is 26.3 Å². The number of nitrogens with zero attached hydrogens (tertiary/aromatic N) is 3. The molecule has 52 heavy (non-hydrogen) atoms. The van der Waals surface area contributed by atoms with Gasteiger partial charge in [-0.3, -0.25) is 4.79 Å². The molecule has 3 aromatic rings. The van der Waals surface area contributed by atoms with Crippen LogP contribution in [0, 0.1) is 11.3 Å². The molecule has 1 unspecified atom stereocenters. The Balaban J connectivity index is 0.000000785. The monoisotopic (exact) mass is 781 g/mol. The van der Waals surface area contributed by atoms with Gasteiger partial charge in [0.15, 0.2) is 5.82 Å². The zero-order valence-electron chi connectivity index (χ0n) is 28.2. The zero-order valence-corrected chi connectivity index (χ0v) is 29.7. The van der Waals surface area contributed by atoms with Crippen molar-refractivity contribution in [2.45, 2.75) is 88.0 Å². The van der Waals surface area contributed by atoms with Gasteiger partial charge in [0, 0.05) is 17.8 Å². The van der Waals surface area contributed by atoms with Crippen molar-refractivity contribution in [2.24, 2.45) is 11.3 Å². The topological polar surface area (TPSA) is 153 Å². The first-order valence-corrected chi connectivity index (χ1v) is 18.1. The highest BCUT2D eigenvalue weighted by atomic mass is 35.5. The molecule has 11 nitrogen and oxygen atoms in total. The Kier molecular flexibility index (Phi) is 12.6. The van der Waals surface area contributed by atoms with Crippen molar-refractivity contribution in [3.63, 3.8) is 0 Å². The van der Waals surface area contributed by atoms with Gasteiger partial charge in [-0.25, -0.2) is 27.6 Å². The predicted octanol–water partition coefficient (Wildman–Crippen LogP) is 6.89. The summed E-state index contributed by atoms with van der Waals surface area (Å²) in [6.07, 6.45) is -2.82. The van der Waals surface area contributed by atoms with E-state index < -0.39 is 39.7 Å². The Morgan fingerprint density at radius 1 is 1.10 bits per heavy atom. The highest BCUT2D eigenvalue weighted by Crippen LogP contribution is 2.59. The number of aromatic nitrogens is 3. The Morgan fingerprint density at radius 2 is 1.79 bits per heavy atom. The molecule has 2 fully saturated rings. The van der Waals surface area contributed by atoms with Crippen LogP contribution in [0.5, 0.6) is 5.88 Å². The van der Waals surface area contributed by atoms with Gasteiger partial charge in [-0.05, 0) is 101 Å². The number of amides is 1. The lowest BCUT2D eigenvalue weighted by Gasteiger charge is -2.18. The van der Waals surface area contributed by atoms with Gasteiger partial charge in [-0.1, -0.05) is 30.2 Å². The van der Waals surface area contributed by atoms with Crippen molar-refractivity contribution in [2.75, 3.05) is 13.2 Å². The number of hydrogen-bond acceptors (Lipinski definition) is 8. The first kappa shape index (κ1) is 40.9. The lowest BCUT2D eigenvalue weighted by molar-refractivity contribution is -0.192. The average Bonchev–Trinajstić information content (AvgIpc) is 3.57. The lowest BCUT2D eigenvalue weighted by atomic mass is 9.92. The molecule has 5 rings (SSSR count). The number of rotatable bonds is 13. The van der Waals surface area contributed by atoms with Gasteiger partial charge in [0.25, 0.3) is 15.9 Å². The fraction of sp³-hybridized carbons (Fsp3) is 0.515. The number of unbranched alkanes of at least 4 members (excludes halogenated alkanes) is 1. The number of hydrogen-bond donors (Lipinski definition) is 3. The Bertz CT molecular complexity index is 1850. The van der Waals surface area contributed by atoms with Crippen LogP contribution < -0.4 is 14.8 Å². The second-order valence-corrected chi connectivity index (χ2v) is 15.5. The summed E-state index contributed by atoms with van der Waals surface area (Å²) in [5, 5.41) is 14.6. The average molecular weight is 782 g/mol. The molecular formula is C33H38ClF6N5O6S. The first-order chi connectivity index (χ1) is 24.1. The molecule has 1 aromatic carbocycles. The summed E-state index contributed by atoms with van der Waals surface area (Å²) < 4.78 is 106. The molecule has 1 aliphatic carbocycles. The van der Waals surface area contributed by atoms with Crippen LogP contribution in [-0.4, -0.2) is 71.2 Å². The minimum atomic E-state index is -5.08. The molecule has 1 amide bonds. The third-order valence-electron chi connectivity index (χ3n) is 8.84. The zero-order chi connectivity index (χ0) is 38.5. The number of carboxylic acid groups (broad SMARTS) is 1. The normalized spacial score (nSPS) is 17.9. The third kappa shape index (κ3) is 11.1. The van der Waals surface area contributed by atoms with E-state index in [1.807, 2.05) is 6.07 Å². The summed E-state index contributed by atoms with van der Waals surface area (Å²) in [6.45, 7) is 5.31. The molecule has 0 bridgehead atoms. The molecule has 3 N–H and O–H groups in total. The van der Waals surface area contributed by atoms with Crippen LogP contribution in [0.3, 0.4) is 0 Å². The van der Waals surface area contributed by atoms with Crippen molar-refractivity contribution >= 4 is 33.5 Å². The smallest absolute Gasteiger partial charge is 0.477 e. The Morgan fingerprint density at radius 3 is 2.37 bits per heavy atom. The largest absolute Gasteiger partial charge is 0.490 e. The standard InChI is InChI=1S/C31H37ClF3N5O4S.C2HF3O2/c1-29(2)19-22(20-36-29)7-4-3-6-21-8-5-9-23(18-21)45(42,43)39-28(41)24-10-11-25(37-27(24)32)40-16-12-26(38-40)44-17-15-30(13-14-30)31(33,34)35;3-2(4,5)1(6)7/h5,8-12,16,18,22,36H,3-4,6-7,13-15,17,19-20H2,1-2H3,(H,39,41);(H,6,7). The van der Waals surface area contributed by atoms with E-state index in [4.69, 9.17) is 26.2 Å². The Hall–Kier alpha value is -3.90. The number of carbonyl (C=O) groups is 2. The molecule has 0 radical (unpaired) electrons. The number of sulfonamides is 1. The van der Waals surface area contributed by atoms with Gasteiger partial charge < -0.3 is 15.2 Å². The van der Waals surface area contributed by atoms with Crippen molar-refractivity contribution in [1.29, 1.82) is 0 Å². The van der Waals surface area contributed by atoms with Crippen LogP contribution in [0.1, 0.15) is 74.7 Å². The van der Waals surface area contributed by atoms with Crippen LogP contribution >= 0.6 is 11.6 Å². The second-order valence-electron chi connectivity index (χ2n) is 13.4. The van der Waals surface area contributed by atoms with E-state index >= 15 is 0 Å². The molecule has 1 aliphatic heterocycles. The highest BCUT2D eigenvalue weighted by molar-refractivity contribution is 7.90. The van der Waals surface area contributed by atoms with Gasteiger partial charge in [0.1, 0.15) is 5.15 Å². The number of benzene rings is 1. The summed E-state index contributed by atoms with van der Waals surface area (Å²) in [7, 11) is -4.19. The molecule has 0 spiro atoms. The van der Waals surface area contributed by atoms with E-state index in [-0.39, 0.29) is 58.7 Å². The van der Waals surface area contributed by atoms with E-state index in [1.54, 1.807) is 12.1 Å². The number of halogens is 7. The molecule has 2 aliphatic rings. The molecule has 1 saturated heterocycles. The number of carboxylic acids is 1. The molecule has 286 valence electrons. The summed E-state index contributed by atoms with van der Waals surface area (Å²) in [5.74, 6) is -2.74. The van der Waals surface area contributed by atoms with Crippen molar-refractivity contribution < 1.29 is 54.2 Å². The predicted molar refractivity (Wildman–Crippen MR) is 177 cm³/mol. The van der Waals surface area contributed by atoms with E-state index in [2.05, 4.69) is 34.0 Å². The van der Waals surface area contributed by atoms with Gasteiger partial charge in [-0.2, -0.15) is 26.3 Å². The van der Waals surface area contributed by atoms with Crippen molar-refractivity contribution in [3.8, 4) is 11.7 Å². The van der Waals surface area contributed by atoms with Gasteiger partial charge in [0.05, 0.1) is 22.5 Å². The van der Waals surface area contributed by atoms with Crippen LogP contribution in [0.15, 0.2) is 53.6 Å². The van der Waals surface area contributed by atoms with Crippen LogP contribution in [-0.2, 0) is 21.2 Å². The van der Waals surface area contributed by atoms with Gasteiger partial charge in [0.2, 0.25) is 5.88 Å². The molecule has 1 atom stereocenters. The maximum atomic E-state index is 13.1. The third-order valence-corrected chi connectivity index (χ3v) is 10.5. The quantitative estimate of drug-likeness (QED) is 0.0957. The summed E-state index contributed by atoms with van der Waals surface area (Å²) in [6, 6.07) is 10.7. The molecular weight excluding hydrogens is 744 g/mol. The summed E-state index contributed by atoms with van der Waals surface area (Å²) in [5.41, 5.74) is -0.766. The number of pyridine rings is 1. The fourth-order valence-corrected chi connectivity index (χ4v) is 7.04. The maximum absolute atomic E-state index is 13.1. The minimum absolute atomic E-state index is 0.0253. The highest BCUT2D eigenvalue weighted by Gasteiger charge is 2.62. The number of aliphatic carboxylic acids is 1. The van der Waals surface area contributed by atoms with Gasteiger partial charge in [-0.15, -0.1) is 5.10 Å². The SMILES string of the molecule is CC1(C)CC(CCCCc2cccc(S(=O)(=O)NC(=O)c3ccc(-n4ccc(OCCC5(C(F)(F)F)CC5)n4)nc3Cl)c2)CN1.O=C(O)C(F)(F)F. The minimum Gasteiger partial charge on any atom is -0.477 e. The Labute approximate surface area is 301 Å². The number of ether oxygens (including phenoxy) is 1. The molecule has 3 heterocycles. The van der Waals surface area contributed by atoms with E-state index in [0.29, 0.717) is 5.92 Å². The van der Waals surface area contributed by atoms with Crippen molar-refractivity contribution in [3.05, 3.63) is 64.9 Å². The number of nitrogens with one attached hydrogen (secondary N) is 2. The maximum Gasteiger partial charge on any atom is 0.490 e. The van der Waals surface area contributed by atoms with Crippen molar-refractivity contribution in [1.82, 2.24) is 24.8 Å². The van der Waals surface area contributed by atoms with E-state index in [1.165, 1.54) is 35.1 Å². The van der Waals surface area contributed by atoms with E-state index in [9.17, 15) is 39.6 Å². The number of aryl methyl sites for hydroxylation is 1. The number of carbonyl (C=O) groups excluding carboxylic acids is 1. The van der Waals surface area contributed by atoms with Crippen LogP contribution in [0.25, 0.3) is 5.82 Å².